The van der Waals surface area contributed by atoms with Crippen molar-refractivity contribution in [2.45, 2.75) is 12.3 Å². The number of nitrogens with zero attached hydrogens (tertiary/aromatic N) is 4. The van der Waals surface area contributed by atoms with Gasteiger partial charge in [-0.3, -0.25) is 9.80 Å². The van der Waals surface area contributed by atoms with Gasteiger partial charge in [-0.15, -0.1) is 0 Å². The second kappa shape index (κ2) is 9.89. The summed E-state index contributed by atoms with van der Waals surface area (Å²) in [7, 11) is 0. The molecule has 4 aliphatic heterocycles. The Morgan fingerprint density at radius 2 is 1.12 bits per heavy atom. The van der Waals surface area contributed by atoms with Gasteiger partial charge in [0.15, 0.2) is 11.2 Å². The largest absolute Gasteiger partial charge is 0.379 e. The van der Waals surface area contributed by atoms with E-state index in [1.165, 1.54) is 0 Å². The Labute approximate surface area is 167 Å². The fourth-order valence-electron chi connectivity index (χ4n) is 3.98. The van der Waals surface area contributed by atoms with E-state index in [4.69, 9.17) is 9.47 Å². The van der Waals surface area contributed by atoms with Crippen molar-refractivity contribution in [3.05, 3.63) is 0 Å². The van der Waals surface area contributed by atoms with Crippen molar-refractivity contribution in [2.75, 3.05) is 88.7 Å². The minimum atomic E-state index is -1.08. The number of ether oxygens (including phenoxy) is 2. The molecule has 4 fully saturated rings. The van der Waals surface area contributed by atoms with Gasteiger partial charge in [0.05, 0.1) is 38.8 Å². The van der Waals surface area contributed by atoms with E-state index in [2.05, 4.69) is 18.4 Å². The fourth-order valence-corrected chi connectivity index (χ4v) is 8.18. The van der Waals surface area contributed by atoms with Crippen molar-refractivity contribution < 1.29 is 13.7 Å². The smallest absolute Gasteiger partial charge is 0.175 e. The average Bonchev–Trinajstić information content (AvgIpc) is 2.74. The number of morpholine rings is 2. The third-order valence-electron chi connectivity index (χ3n) is 5.45. The zero-order valence-electron chi connectivity index (χ0n) is 15.3. The van der Waals surface area contributed by atoms with Crippen LogP contribution in [0.3, 0.4) is 0 Å². The molecule has 0 aliphatic carbocycles. The van der Waals surface area contributed by atoms with Crippen LogP contribution in [0.15, 0.2) is 0 Å². The van der Waals surface area contributed by atoms with E-state index in [0.29, 0.717) is 0 Å². The van der Waals surface area contributed by atoms with E-state index < -0.39 is 11.2 Å². The van der Waals surface area contributed by atoms with Gasteiger partial charge in [0, 0.05) is 62.3 Å². The quantitative estimate of drug-likeness (QED) is 0.631. The average molecular weight is 423 g/mol. The number of hydrogen-bond acceptors (Lipinski definition) is 7. The molecule has 4 heterocycles. The summed E-state index contributed by atoms with van der Waals surface area (Å²) < 4.78 is 29.2. The summed E-state index contributed by atoms with van der Waals surface area (Å²) >= 11 is 2.89. The van der Waals surface area contributed by atoms with Crippen molar-refractivity contribution in [1.82, 2.24) is 18.4 Å². The molecular formula is C16H30N4O3S3. The van der Waals surface area contributed by atoms with Crippen molar-refractivity contribution in [3.63, 3.8) is 0 Å². The minimum absolute atomic E-state index is 0.262. The van der Waals surface area contributed by atoms with E-state index in [9.17, 15) is 4.21 Å². The maximum atomic E-state index is 13.7. The number of thioether (sulfide) groups is 2. The van der Waals surface area contributed by atoms with Gasteiger partial charge in [0.2, 0.25) is 0 Å². The Balaban J connectivity index is 1.47. The number of rotatable bonds is 4. The second-order valence-corrected chi connectivity index (χ2v) is 10.6. The normalized spacial score (nSPS) is 35.4. The molecule has 0 amide bonds. The number of hydrogen-bond donors (Lipinski definition) is 0. The van der Waals surface area contributed by atoms with Crippen LogP contribution in [0.2, 0.25) is 0 Å². The lowest BCUT2D eigenvalue weighted by Gasteiger charge is -2.47. The van der Waals surface area contributed by atoms with Gasteiger partial charge in [-0.05, 0) is 0 Å². The maximum absolute atomic E-state index is 13.7. The van der Waals surface area contributed by atoms with Crippen LogP contribution in [-0.4, -0.2) is 124 Å². The summed E-state index contributed by atoms with van der Waals surface area (Å²) in [5.74, 6) is 4.21. The highest BCUT2D eigenvalue weighted by Crippen LogP contribution is 2.28. The first-order chi connectivity index (χ1) is 12.8. The van der Waals surface area contributed by atoms with E-state index in [0.717, 1.165) is 88.7 Å². The fraction of sp³-hybridized carbons (Fsp3) is 1.00. The lowest BCUT2D eigenvalue weighted by Crippen LogP contribution is -2.63. The molecule has 0 radical (unpaired) electrons. The van der Waals surface area contributed by atoms with Crippen LogP contribution in [0.4, 0.5) is 0 Å². The summed E-state index contributed by atoms with van der Waals surface area (Å²) in [6.45, 7) is 8.75. The molecule has 2 unspecified atom stereocenters. The van der Waals surface area contributed by atoms with E-state index in [1.807, 2.05) is 23.5 Å². The maximum Gasteiger partial charge on any atom is 0.175 e. The molecular weight excluding hydrogens is 392 g/mol. The Morgan fingerprint density at radius 3 is 1.54 bits per heavy atom. The molecule has 0 aromatic heterocycles. The third-order valence-corrected chi connectivity index (χ3v) is 9.11. The molecule has 4 saturated heterocycles. The van der Waals surface area contributed by atoms with Crippen molar-refractivity contribution in [2.24, 2.45) is 0 Å². The highest BCUT2D eigenvalue weighted by molar-refractivity contribution is 7.99. The summed E-state index contributed by atoms with van der Waals surface area (Å²) in [6, 6.07) is 0. The molecule has 0 aromatic rings. The van der Waals surface area contributed by atoms with Crippen molar-refractivity contribution in [3.8, 4) is 0 Å². The van der Waals surface area contributed by atoms with Crippen LogP contribution in [0, 0.1) is 0 Å². The first-order valence-corrected chi connectivity index (χ1v) is 13.0. The topological polar surface area (TPSA) is 48.5 Å². The Morgan fingerprint density at radius 1 is 0.692 bits per heavy atom. The SMILES string of the molecule is O=S(N1CCSCC1N1CCOCC1)N1CCSCC1N1CCOCC1. The molecule has 0 aromatic carbocycles. The van der Waals surface area contributed by atoms with Crippen LogP contribution in [0.25, 0.3) is 0 Å². The highest BCUT2D eigenvalue weighted by Gasteiger charge is 2.39. The molecule has 2 atom stereocenters. The standard InChI is InChI=1S/C16H30N4O3S3/c21-26(19-5-11-24-13-15(19)17-1-7-22-8-2-17)20-6-12-25-14-16(20)18-3-9-23-10-4-18/h15-16H,1-14H2. The van der Waals surface area contributed by atoms with Crippen LogP contribution >= 0.6 is 23.5 Å². The molecule has 4 aliphatic rings. The third kappa shape index (κ3) is 4.60. The molecule has 4 rings (SSSR count). The van der Waals surface area contributed by atoms with Crippen LogP contribution in [-0.2, 0) is 20.6 Å². The van der Waals surface area contributed by atoms with Gasteiger partial charge < -0.3 is 9.47 Å². The van der Waals surface area contributed by atoms with Gasteiger partial charge >= 0.3 is 0 Å². The zero-order chi connectivity index (χ0) is 17.8. The summed E-state index contributed by atoms with van der Waals surface area (Å²) in [4.78, 5) is 4.94. The second-order valence-electron chi connectivity index (χ2n) is 6.92. The predicted octanol–water partition coefficient (Wildman–Crippen LogP) is -0.0207. The Hall–Kier alpha value is 0.610. The first kappa shape index (κ1) is 19.9. The molecule has 26 heavy (non-hydrogen) atoms. The van der Waals surface area contributed by atoms with Gasteiger partial charge in [-0.1, -0.05) is 0 Å². The summed E-state index contributed by atoms with van der Waals surface area (Å²) in [5, 5.41) is 0. The molecule has 7 nitrogen and oxygen atoms in total. The van der Waals surface area contributed by atoms with Crippen LogP contribution in [0.1, 0.15) is 0 Å². The monoisotopic (exact) mass is 422 g/mol. The molecule has 0 N–H and O–H groups in total. The van der Waals surface area contributed by atoms with Gasteiger partial charge in [0.1, 0.15) is 0 Å². The first-order valence-electron chi connectivity index (χ1n) is 9.59. The lowest BCUT2D eigenvalue weighted by molar-refractivity contribution is -0.0120. The summed E-state index contributed by atoms with van der Waals surface area (Å²) in [6.07, 6.45) is 0.525. The van der Waals surface area contributed by atoms with E-state index in [-0.39, 0.29) is 12.3 Å². The van der Waals surface area contributed by atoms with E-state index in [1.54, 1.807) is 0 Å². The molecule has 0 spiro atoms. The molecule has 10 heteroatoms. The highest BCUT2D eigenvalue weighted by atomic mass is 32.2. The van der Waals surface area contributed by atoms with Crippen LogP contribution < -0.4 is 0 Å². The molecule has 150 valence electrons. The molecule has 0 bridgehead atoms. The lowest BCUT2D eigenvalue weighted by atomic mass is 10.3. The van der Waals surface area contributed by atoms with Gasteiger partial charge in [0.25, 0.3) is 0 Å². The van der Waals surface area contributed by atoms with E-state index >= 15 is 0 Å². The Bertz CT molecular complexity index is 438. The predicted molar refractivity (Wildman–Crippen MR) is 109 cm³/mol. The minimum Gasteiger partial charge on any atom is -0.379 e. The van der Waals surface area contributed by atoms with Crippen molar-refractivity contribution >= 4 is 34.7 Å². The van der Waals surface area contributed by atoms with Gasteiger partial charge in [-0.2, -0.15) is 32.1 Å². The zero-order valence-corrected chi connectivity index (χ0v) is 17.7. The van der Waals surface area contributed by atoms with Crippen LogP contribution in [0.5, 0.6) is 0 Å². The summed E-state index contributed by atoms with van der Waals surface area (Å²) in [5.41, 5.74) is 0. The molecule has 0 saturated carbocycles. The van der Waals surface area contributed by atoms with Crippen molar-refractivity contribution in [1.29, 1.82) is 0 Å². The Kier molecular flexibility index (Phi) is 7.57. The van der Waals surface area contributed by atoms with Gasteiger partial charge in [-0.25, -0.2) is 4.21 Å².